The monoisotopic (exact) mass is 317 g/mol. The molecular formula is C18H23NO4. The number of piperidine rings is 1. The molecule has 2 fully saturated rings. The minimum atomic E-state index is -0.795. The Bertz CT molecular complexity index is 545. The zero-order valence-electron chi connectivity index (χ0n) is 13.2. The van der Waals surface area contributed by atoms with Crippen LogP contribution in [0.1, 0.15) is 24.8 Å². The van der Waals surface area contributed by atoms with Gasteiger partial charge in [0.05, 0.1) is 30.9 Å². The van der Waals surface area contributed by atoms with Crippen molar-refractivity contribution in [1.82, 2.24) is 4.90 Å². The zero-order valence-corrected chi connectivity index (χ0v) is 13.2. The fourth-order valence-electron chi connectivity index (χ4n) is 3.60. The van der Waals surface area contributed by atoms with E-state index < -0.39 is 5.60 Å². The third-order valence-corrected chi connectivity index (χ3v) is 4.58. The number of carbonyl (C=O) groups excluding carboxylic acids is 1. The molecule has 2 aliphatic rings. The predicted octanol–water partition coefficient (Wildman–Crippen LogP) is 2.49. The quantitative estimate of drug-likeness (QED) is 0.867. The Hall–Kier alpha value is -1.85. The van der Waals surface area contributed by atoms with E-state index >= 15 is 0 Å². The largest absolute Gasteiger partial charge is 0.445 e. The first kappa shape index (κ1) is 16.0. The lowest BCUT2D eigenvalue weighted by Gasteiger charge is -2.50. The molecule has 1 aromatic rings. The Morgan fingerprint density at radius 2 is 2.00 bits per heavy atom. The lowest BCUT2D eigenvalue weighted by atomic mass is 9.79. The summed E-state index contributed by atoms with van der Waals surface area (Å²) in [6.07, 6.45) is 2.94. The maximum absolute atomic E-state index is 12.5. The first-order valence-corrected chi connectivity index (χ1v) is 8.01. The molecule has 5 nitrogen and oxygen atoms in total. The molecule has 0 saturated carbocycles. The summed E-state index contributed by atoms with van der Waals surface area (Å²) < 4.78 is 11.0. The molecular weight excluding hydrogens is 294 g/mol. The summed E-state index contributed by atoms with van der Waals surface area (Å²) in [5.74, 6) is 0. The van der Waals surface area contributed by atoms with Crippen molar-refractivity contribution in [3.05, 3.63) is 48.6 Å². The van der Waals surface area contributed by atoms with E-state index in [2.05, 4.69) is 6.58 Å². The van der Waals surface area contributed by atoms with Crippen LogP contribution >= 0.6 is 0 Å². The van der Waals surface area contributed by atoms with Crippen molar-refractivity contribution in [2.24, 2.45) is 0 Å². The highest BCUT2D eigenvalue weighted by Gasteiger charge is 2.48. The summed E-state index contributed by atoms with van der Waals surface area (Å²) in [7, 11) is 0. The molecule has 23 heavy (non-hydrogen) atoms. The van der Waals surface area contributed by atoms with E-state index in [9.17, 15) is 9.90 Å². The van der Waals surface area contributed by atoms with Crippen molar-refractivity contribution in [1.29, 1.82) is 0 Å². The molecule has 2 unspecified atom stereocenters. The third kappa shape index (κ3) is 3.57. The topological polar surface area (TPSA) is 59.0 Å². The second-order valence-electron chi connectivity index (χ2n) is 6.42. The Labute approximate surface area is 136 Å². The Balaban J connectivity index is 1.65. The van der Waals surface area contributed by atoms with Gasteiger partial charge in [0.1, 0.15) is 6.61 Å². The van der Waals surface area contributed by atoms with Gasteiger partial charge in [-0.1, -0.05) is 36.4 Å². The summed E-state index contributed by atoms with van der Waals surface area (Å²) in [4.78, 5) is 14.3. The van der Waals surface area contributed by atoms with Gasteiger partial charge in [-0.3, -0.25) is 4.90 Å². The van der Waals surface area contributed by atoms with Crippen LogP contribution in [-0.4, -0.2) is 47.0 Å². The van der Waals surface area contributed by atoms with Crippen LogP contribution in [0.25, 0.3) is 0 Å². The van der Waals surface area contributed by atoms with Gasteiger partial charge in [-0.25, -0.2) is 4.79 Å². The molecule has 1 amide bonds. The van der Waals surface area contributed by atoms with E-state index in [4.69, 9.17) is 9.47 Å². The second kappa shape index (κ2) is 6.72. The van der Waals surface area contributed by atoms with Crippen LogP contribution in [0.3, 0.4) is 0 Å². The molecule has 2 atom stereocenters. The smallest absolute Gasteiger partial charge is 0.410 e. The fraction of sp³-hybridized carbons (Fsp3) is 0.500. The summed E-state index contributed by atoms with van der Waals surface area (Å²) >= 11 is 0. The number of carbonyl (C=O) groups is 1. The molecule has 2 aliphatic heterocycles. The van der Waals surface area contributed by atoms with Gasteiger partial charge in [0, 0.05) is 0 Å². The van der Waals surface area contributed by atoms with E-state index in [1.54, 1.807) is 11.0 Å². The van der Waals surface area contributed by atoms with Crippen molar-refractivity contribution in [2.75, 3.05) is 13.2 Å². The average molecular weight is 317 g/mol. The van der Waals surface area contributed by atoms with Gasteiger partial charge in [0.25, 0.3) is 0 Å². The van der Waals surface area contributed by atoms with Crippen molar-refractivity contribution in [2.45, 2.75) is 43.6 Å². The van der Waals surface area contributed by atoms with Gasteiger partial charge in [-0.2, -0.15) is 0 Å². The van der Waals surface area contributed by atoms with Crippen LogP contribution in [0.4, 0.5) is 4.79 Å². The van der Waals surface area contributed by atoms with Gasteiger partial charge in [-0.05, 0) is 24.8 Å². The molecule has 2 heterocycles. The molecule has 1 N–H and O–H groups in total. The molecule has 2 bridgehead atoms. The molecule has 5 heteroatoms. The summed E-state index contributed by atoms with van der Waals surface area (Å²) in [5, 5.41) is 10.7. The number of benzene rings is 1. The molecule has 2 saturated heterocycles. The predicted molar refractivity (Wildman–Crippen MR) is 85.9 cm³/mol. The van der Waals surface area contributed by atoms with Crippen molar-refractivity contribution in [3.63, 3.8) is 0 Å². The van der Waals surface area contributed by atoms with Gasteiger partial charge < -0.3 is 14.6 Å². The standard InChI is InChI=1S/C18H23NO4/c1-2-8-18(21)9-15-12-22-13-16(10-18)19(15)17(20)23-11-14-6-4-3-5-7-14/h2-7,15-16,21H,1,8-13H2. The van der Waals surface area contributed by atoms with Crippen LogP contribution in [0.5, 0.6) is 0 Å². The van der Waals surface area contributed by atoms with Crippen LogP contribution in [0.15, 0.2) is 43.0 Å². The number of hydrogen-bond acceptors (Lipinski definition) is 4. The molecule has 1 aromatic carbocycles. The summed E-state index contributed by atoms with van der Waals surface area (Å²) in [6, 6.07) is 9.33. The van der Waals surface area contributed by atoms with Crippen LogP contribution in [-0.2, 0) is 16.1 Å². The Morgan fingerprint density at radius 1 is 1.35 bits per heavy atom. The molecule has 3 rings (SSSR count). The van der Waals surface area contributed by atoms with Crippen molar-refractivity contribution < 1.29 is 19.4 Å². The fourth-order valence-corrected chi connectivity index (χ4v) is 3.60. The highest BCUT2D eigenvalue weighted by molar-refractivity contribution is 5.69. The number of aliphatic hydroxyl groups is 1. The highest BCUT2D eigenvalue weighted by Crippen LogP contribution is 2.37. The number of fused-ring (bicyclic) bond motifs is 2. The van der Waals surface area contributed by atoms with Gasteiger partial charge in [-0.15, -0.1) is 6.58 Å². The van der Waals surface area contributed by atoms with Gasteiger partial charge >= 0.3 is 6.09 Å². The van der Waals surface area contributed by atoms with E-state index in [1.165, 1.54) is 0 Å². The van der Waals surface area contributed by atoms with E-state index in [0.29, 0.717) is 32.5 Å². The van der Waals surface area contributed by atoms with Gasteiger partial charge in [0.2, 0.25) is 0 Å². The molecule has 0 aliphatic carbocycles. The minimum Gasteiger partial charge on any atom is -0.445 e. The first-order valence-electron chi connectivity index (χ1n) is 8.01. The highest BCUT2D eigenvalue weighted by atomic mass is 16.6. The zero-order chi connectivity index (χ0) is 16.3. The SMILES string of the molecule is C=CCC1(O)CC2COCC(C1)N2C(=O)OCc1ccccc1. The van der Waals surface area contributed by atoms with Crippen molar-refractivity contribution >= 4 is 6.09 Å². The third-order valence-electron chi connectivity index (χ3n) is 4.58. The molecule has 0 aromatic heterocycles. The normalized spacial score (nSPS) is 29.9. The summed E-state index contributed by atoms with van der Waals surface area (Å²) in [6.45, 7) is 4.85. The molecule has 124 valence electrons. The lowest BCUT2D eigenvalue weighted by Crippen LogP contribution is -2.63. The van der Waals surface area contributed by atoms with E-state index in [0.717, 1.165) is 5.56 Å². The minimum absolute atomic E-state index is 0.143. The van der Waals surface area contributed by atoms with E-state index in [1.807, 2.05) is 30.3 Å². The van der Waals surface area contributed by atoms with Crippen LogP contribution < -0.4 is 0 Å². The number of morpholine rings is 1. The summed E-state index contributed by atoms with van der Waals surface area (Å²) in [5.41, 5.74) is 0.166. The maximum atomic E-state index is 12.5. The average Bonchev–Trinajstić information content (AvgIpc) is 2.53. The number of rotatable bonds is 4. The number of amides is 1. The number of ether oxygens (including phenoxy) is 2. The Morgan fingerprint density at radius 3 is 2.61 bits per heavy atom. The van der Waals surface area contributed by atoms with Crippen molar-refractivity contribution in [3.8, 4) is 0 Å². The van der Waals surface area contributed by atoms with E-state index in [-0.39, 0.29) is 24.8 Å². The molecule has 0 radical (unpaired) electrons. The van der Waals surface area contributed by atoms with Crippen LogP contribution in [0, 0.1) is 0 Å². The Kier molecular flexibility index (Phi) is 4.68. The first-order chi connectivity index (χ1) is 11.1. The number of hydrogen-bond donors (Lipinski definition) is 1. The maximum Gasteiger partial charge on any atom is 0.410 e. The lowest BCUT2D eigenvalue weighted by molar-refractivity contribution is -0.132. The second-order valence-corrected chi connectivity index (χ2v) is 6.42. The number of nitrogens with zero attached hydrogens (tertiary/aromatic N) is 1. The van der Waals surface area contributed by atoms with Gasteiger partial charge in [0.15, 0.2) is 0 Å². The van der Waals surface area contributed by atoms with Crippen LogP contribution in [0.2, 0.25) is 0 Å². The molecule has 0 spiro atoms.